The molecule has 1 saturated heterocycles. The van der Waals surface area contributed by atoms with E-state index in [1.165, 1.54) is 16.8 Å². The molecule has 2 N–H and O–H groups in total. The number of likely N-dealkylation sites (tertiary alicyclic amines) is 1. The third-order valence-electron chi connectivity index (χ3n) is 5.44. The van der Waals surface area contributed by atoms with Crippen LogP contribution in [0, 0.1) is 28.9 Å². The molecule has 1 aromatic carbocycles. The molecule has 3 rings (SSSR count). The third-order valence-corrected chi connectivity index (χ3v) is 5.44. The monoisotopic (exact) mass is 475 g/mol. The number of nitriles is 1. The fourth-order valence-corrected chi connectivity index (χ4v) is 3.84. The van der Waals surface area contributed by atoms with Crippen LogP contribution in [0.15, 0.2) is 12.1 Å². The van der Waals surface area contributed by atoms with Crippen molar-refractivity contribution in [3.63, 3.8) is 0 Å². The minimum atomic E-state index is -5.18. The summed E-state index contributed by atoms with van der Waals surface area (Å²) < 4.78 is 68.4. The second kappa shape index (κ2) is 9.68. The minimum absolute atomic E-state index is 0.122. The van der Waals surface area contributed by atoms with Gasteiger partial charge >= 0.3 is 18.4 Å². The summed E-state index contributed by atoms with van der Waals surface area (Å²) >= 11 is 0. The van der Waals surface area contributed by atoms with Crippen LogP contribution in [0.1, 0.15) is 24.8 Å². The number of nitrogens with one attached hydrogen (secondary N) is 2. The second-order valence-electron chi connectivity index (χ2n) is 7.89. The van der Waals surface area contributed by atoms with Crippen molar-refractivity contribution in [2.24, 2.45) is 5.92 Å². The van der Waals surface area contributed by atoms with Crippen LogP contribution < -0.4 is 15.4 Å². The number of ether oxygens (including phenoxy) is 1. The number of hydrogen-bond donors (Lipinski definition) is 2. The van der Waals surface area contributed by atoms with Gasteiger partial charge in [-0.1, -0.05) is 0 Å². The van der Waals surface area contributed by atoms with Crippen molar-refractivity contribution in [3.05, 3.63) is 29.3 Å². The zero-order valence-electron chi connectivity index (χ0n) is 17.6. The topological polar surface area (TPSA) is 97.7 Å². The number of urea groups is 2. The average molecular weight is 475 g/mol. The number of halogens is 5. The molecule has 0 unspecified atom stereocenters. The van der Waals surface area contributed by atoms with Crippen molar-refractivity contribution in [1.82, 2.24) is 20.4 Å². The fraction of sp³-hybridized carbons (Fsp3) is 0.550. The highest BCUT2D eigenvalue weighted by Crippen LogP contribution is 2.33. The molecule has 0 radical (unpaired) electrons. The molecule has 0 bridgehead atoms. The van der Waals surface area contributed by atoms with Crippen LogP contribution in [0.5, 0.6) is 5.75 Å². The van der Waals surface area contributed by atoms with Gasteiger partial charge in [-0.2, -0.15) is 5.26 Å². The van der Waals surface area contributed by atoms with Gasteiger partial charge in [-0.15, -0.1) is 13.2 Å². The van der Waals surface area contributed by atoms with Gasteiger partial charge < -0.3 is 25.2 Å². The Hall–Kier alpha value is -3.30. The number of amides is 4. The highest BCUT2D eigenvalue weighted by molar-refractivity contribution is 5.76. The molecule has 0 spiro atoms. The lowest BCUT2D eigenvalue weighted by Gasteiger charge is -2.41. The fourth-order valence-electron chi connectivity index (χ4n) is 3.84. The number of rotatable bonds is 5. The summed E-state index contributed by atoms with van der Waals surface area (Å²) in [5, 5.41) is 14.3. The molecular formula is C20H22F5N5O3. The van der Waals surface area contributed by atoms with Gasteiger partial charge in [-0.25, -0.2) is 18.4 Å². The molecule has 1 heterocycles. The Morgan fingerprint density at radius 1 is 1.21 bits per heavy atom. The first kappa shape index (κ1) is 24.3. The number of carbonyl (C=O) groups is 2. The van der Waals surface area contributed by atoms with Crippen LogP contribution >= 0.6 is 0 Å². The Morgan fingerprint density at radius 2 is 1.91 bits per heavy atom. The van der Waals surface area contributed by atoms with Crippen molar-refractivity contribution in [1.29, 1.82) is 5.26 Å². The lowest BCUT2D eigenvalue weighted by Crippen LogP contribution is -2.57. The van der Waals surface area contributed by atoms with Crippen LogP contribution in [0.2, 0.25) is 0 Å². The normalized spacial score (nSPS) is 20.6. The van der Waals surface area contributed by atoms with Crippen molar-refractivity contribution in [2.75, 3.05) is 20.1 Å². The SMILES string of the molecule is CNC(=O)N1C[C@@H](C#N)C[C@@H](N(C(=O)NCc2cc(F)c(OC(F)(F)F)cc2F)C2CC2)C1. The molecule has 180 valence electrons. The number of alkyl halides is 3. The molecule has 1 saturated carbocycles. The summed E-state index contributed by atoms with van der Waals surface area (Å²) in [6.07, 6.45) is -3.40. The van der Waals surface area contributed by atoms with E-state index in [0.29, 0.717) is 25.3 Å². The van der Waals surface area contributed by atoms with E-state index < -0.39 is 48.3 Å². The summed E-state index contributed by atoms with van der Waals surface area (Å²) in [7, 11) is 1.46. The Kier molecular flexibility index (Phi) is 7.14. The van der Waals surface area contributed by atoms with Crippen LogP contribution in [0.4, 0.5) is 31.5 Å². The highest BCUT2D eigenvalue weighted by Gasteiger charge is 2.42. The number of carbonyl (C=O) groups excluding carboxylic acids is 2. The van der Waals surface area contributed by atoms with Crippen LogP contribution in [0.3, 0.4) is 0 Å². The van der Waals surface area contributed by atoms with Gasteiger partial charge in [0.2, 0.25) is 0 Å². The zero-order chi connectivity index (χ0) is 24.3. The van der Waals surface area contributed by atoms with Gasteiger partial charge in [0, 0.05) is 44.4 Å². The van der Waals surface area contributed by atoms with E-state index in [2.05, 4.69) is 21.4 Å². The number of nitrogens with zero attached hydrogens (tertiary/aromatic N) is 3. The molecule has 1 aliphatic carbocycles. The van der Waals surface area contributed by atoms with Gasteiger partial charge in [0.1, 0.15) is 5.82 Å². The maximum atomic E-state index is 14.2. The predicted octanol–water partition coefficient (Wildman–Crippen LogP) is 3.09. The van der Waals surface area contributed by atoms with Gasteiger partial charge in [-0.3, -0.25) is 0 Å². The lowest BCUT2D eigenvalue weighted by atomic mass is 9.94. The molecule has 13 heteroatoms. The first-order valence-electron chi connectivity index (χ1n) is 10.2. The first-order chi connectivity index (χ1) is 15.5. The van der Waals surface area contributed by atoms with E-state index in [1.54, 1.807) is 0 Å². The summed E-state index contributed by atoms with van der Waals surface area (Å²) in [4.78, 5) is 27.9. The van der Waals surface area contributed by atoms with Crippen molar-refractivity contribution in [3.8, 4) is 11.8 Å². The van der Waals surface area contributed by atoms with E-state index in [-0.39, 0.29) is 36.8 Å². The van der Waals surface area contributed by atoms with E-state index in [1.807, 2.05) is 0 Å². The minimum Gasteiger partial charge on any atom is -0.403 e. The molecule has 8 nitrogen and oxygen atoms in total. The van der Waals surface area contributed by atoms with Crippen LogP contribution in [-0.2, 0) is 6.54 Å². The summed E-state index contributed by atoms with van der Waals surface area (Å²) in [5.74, 6) is -4.40. The summed E-state index contributed by atoms with van der Waals surface area (Å²) in [6.45, 7) is -0.0530. The number of piperidine rings is 1. The van der Waals surface area contributed by atoms with E-state index >= 15 is 0 Å². The van der Waals surface area contributed by atoms with Crippen LogP contribution in [-0.4, -0.2) is 60.4 Å². The van der Waals surface area contributed by atoms with E-state index in [9.17, 15) is 36.8 Å². The molecule has 0 aromatic heterocycles. The molecule has 1 aromatic rings. The quantitative estimate of drug-likeness (QED) is 0.640. The standard InChI is InChI=1S/C20H22F5N5O3/c1-27-18(31)29-9-11(7-26)4-14(10-29)30(13-2-3-13)19(32)28-8-12-5-16(22)17(6-15(12)21)33-20(23,24)25/h5-6,11,13-14H,2-4,8-10H2,1H3,(H,27,31)(H,28,32)/t11-,14-/m1/s1. The van der Waals surface area contributed by atoms with Gasteiger partial charge in [-0.05, 0) is 25.3 Å². The van der Waals surface area contributed by atoms with Crippen molar-refractivity contribution in [2.45, 2.75) is 44.3 Å². The predicted molar refractivity (Wildman–Crippen MR) is 104 cm³/mol. The lowest BCUT2D eigenvalue weighted by molar-refractivity contribution is -0.275. The maximum Gasteiger partial charge on any atom is 0.573 e. The van der Waals surface area contributed by atoms with Gasteiger partial charge in [0.05, 0.1) is 18.0 Å². The molecular weight excluding hydrogens is 453 g/mol. The average Bonchev–Trinajstić information content (AvgIpc) is 3.58. The van der Waals surface area contributed by atoms with E-state index in [4.69, 9.17) is 0 Å². The van der Waals surface area contributed by atoms with Crippen molar-refractivity contribution >= 4 is 12.1 Å². The second-order valence-corrected chi connectivity index (χ2v) is 7.89. The van der Waals surface area contributed by atoms with Crippen molar-refractivity contribution < 1.29 is 36.3 Å². The number of hydrogen-bond acceptors (Lipinski definition) is 4. The Balaban J connectivity index is 1.71. The van der Waals surface area contributed by atoms with Crippen LogP contribution in [0.25, 0.3) is 0 Å². The number of benzene rings is 1. The van der Waals surface area contributed by atoms with Gasteiger partial charge in [0.15, 0.2) is 11.6 Å². The molecule has 1 aliphatic heterocycles. The third kappa shape index (κ3) is 6.15. The zero-order valence-corrected chi connectivity index (χ0v) is 17.6. The maximum absolute atomic E-state index is 14.2. The Morgan fingerprint density at radius 3 is 2.48 bits per heavy atom. The molecule has 2 aliphatic rings. The van der Waals surface area contributed by atoms with E-state index in [0.717, 1.165) is 0 Å². The molecule has 2 fully saturated rings. The Bertz CT molecular complexity index is 947. The molecule has 4 amide bonds. The molecule has 2 atom stereocenters. The largest absolute Gasteiger partial charge is 0.573 e. The molecule has 33 heavy (non-hydrogen) atoms. The Labute approximate surface area is 186 Å². The first-order valence-corrected chi connectivity index (χ1v) is 10.2. The smallest absolute Gasteiger partial charge is 0.403 e. The van der Waals surface area contributed by atoms with Gasteiger partial charge in [0.25, 0.3) is 0 Å². The summed E-state index contributed by atoms with van der Waals surface area (Å²) in [5.41, 5.74) is -0.364. The highest BCUT2D eigenvalue weighted by atomic mass is 19.4. The summed E-state index contributed by atoms with van der Waals surface area (Å²) in [6, 6.07) is 1.35.